The van der Waals surface area contributed by atoms with Crippen molar-refractivity contribution >= 4 is 23.4 Å². The first-order chi connectivity index (χ1) is 21.2. The molecule has 3 heterocycles. The molecule has 0 saturated heterocycles. The lowest BCUT2D eigenvalue weighted by Crippen LogP contribution is -2.42. The summed E-state index contributed by atoms with van der Waals surface area (Å²) in [6.45, 7) is 3.67. The van der Waals surface area contributed by atoms with Crippen LogP contribution in [0, 0.1) is 24.0 Å². The number of carbonyl (C=O) groups is 1. The number of anilines is 1. The van der Waals surface area contributed by atoms with Crippen LogP contribution < -0.4 is 26.6 Å². The zero-order chi connectivity index (χ0) is 31.4. The lowest BCUT2D eigenvalue weighted by Gasteiger charge is -2.19. The van der Waals surface area contributed by atoms with E-state index in [1.165, 1.54) is 30.3 Å². The minimum atomic E-state index is -0.918. The van der Waals surface area contributed by atoms with Crippen LogP contribution in [0.2, 0.25) is 0 Å². The summed E-state index contributed by atoms with van der Waals surface area (Å²) in [6, 6.07) is 14.0. The molecule has 4 aromatic rings. The highest BCUT2D eigenvalue weighted by molar-refractivity contribution is 6.03. The molecule has 5 rings (SSSR count). The molecule has 2 aromatic carbocycles. The van der Waals surface area contributed by atoms with Gasteiger partial charge in [-0.05, 0) is 74.5 Å². The molecular weight excluding hydrogens is 570 g/mol. The van der Waals surface area contributed by atoms with Gasteiger partial charge < -0.3 is 20.8 Å². The summed E-state index contributed by atoms with van der Waals surface area (Å²) in [6.07, 6.45) is 7.00. The SMILES string of the molecule is CCn1cc(C(=O)Nc2ccc(OC3=CC(c4cccc(C)n4)=CN/C3=C\C=N)c(F)c2)c(=O)n(-c2ccc(F)cc2)c1=O. The Morgan fingerprint density at radius 2 is 1.89 bits per heavy atom. The van der Waals surface area contributed by atoms with Crippen LogP contribution in [0.1, 0.15) is 28.7 Å². The Kier molecular flexibility index (Phi) is 8.42. The number of halogens is 2. The molecule has 0 unspecified atom stereocenters. The van der Waals surface area contributed by atoms with Gasteiger partial charge in [0.25, 0.3) is 11.5 Å². The molecular formula is C32H26F2N6O4. The van der Waals surface area contributed by atoms with Gasteiger partial charge in [0.2, 0.25) is 0 Å². The highest BCUT2D eigenvalue weighted by atomic mass is 19.1. The van der Waals surface area contributed by atoms with Gasteiger partial charge in [-0.3, -0.25) is 19.1 Å². The van der Waals surface area contributed by atoms with Crippen molar-refractivity contribution in [2.45, 2.75) is 20.4 Å². The van der Waals surface area contributed by atoms with Crippen LogP contribution in [-0.4, -0.2) is 26.2 Å². The van der Waals surface area contributed by atoms with Gasteiger partial charge in [-0.25, -0.2) is 18.1 Å². The fraction of sp³-hybridized carbons (Fsp3) is 0.0938. The highest BCUT2D eigenvalue weighted by Gasteiger charge is 2.20. The molecule has 0 aliphatic carbocycles. The van der Waals surface area contributed by atoms with Crippen molar-refractivity contribution in [2.75, 3.05) is 5.32 Å². The molecule has 222 valence electrons. The van der Waals surface area contributed by atoms with E-state index in [0.717, 1.165) is 45.4 Å². The number of amides is 1. The minimum Gasteiger partial charge on any atom is -0.452 e. The molecule has 0 atom stereocenters. The maximum atomic E-state index is 15.3. The molecule has 10 nitrogen and oxygen atoms in total. The van der Waals surface area contributed by atoms with Crippen molar-refractivity contribution in [3.05, 3.63) is 146 Å². The summed E-state index contributed by atoms with van der Waals surface area (Å²) in [7, 11) is 0. The van der Waals surface area contributed by atoms with Gasteiger partial charge in [0.1, 0.15) is 11.4 Å². The molecule has 0 saturated carbocycles. The first-order valence-electron chi connectivity index (χ1n) is 13.4. The number of nitrogens with one attached hydrogen (secondary N) is 3. The molecule has 0 bridgehead atoms. The van der Waals surface area contributed by atoms with Crippen LogP contribution in [0.4, 0.5) is 14.5 Å². The first kappa shape index (κ1) is 29.6. The average Bonchev–Trinajstić information content (AvgIpc) is 3.00. The number of dihydropyridines is 1. The van der Waals surface area contributed by atoms with Gasteiger partial charge in [-0.15, -0.1) is 0 Å². The second-order valence-electron chi connectivity index (χ2n) is 9.59. The van der Waals surface area contributed by atoms with E-state index < -0.39 is 28.8 Å². The van der Waals surface area contributed by atoms with Crippen LogP contribution in [0.5, 0.6) is 5.75 Å². The predicted molar refractivity (Wildman–Crippen MR) is 162 cm³/mol. The number of ether oxygens (including phenoxy) is 1. The Hall–Kier alpha value is -5.91. The normalized spacial score (nSPS) is 13.5. The van der Waals surface area contributed by atoms with Gasteiger partial charge in [0, 0.05) is 48.2 Å². The van der Waals surface area contributed by atoms with Crippen molar-refractivity contribution in [1.82, 2.24) is 19.4 Å². The van der Waals surface area contributed by atoms with Crippen LogP contribution in [0.25, 0.3) is 11.3 Å². The van der Waals surface area contributed by atoms with Gasteiger partial charge in [-0.2, -0.15) is 0 Å². The fourth-order valence-electron chi connectivity index (χ4n) is 4.42. The van der Waals surface area contributed by atoms with E-state index in [0.29, 0.717) is 17.0 Å². The van der Waals surface area contributed by atoms with E-state index in [9.17, 15) is 18.8 Å². The highest BCUT2D eigenvalue weighted by Crippen LogP contribution is 2.28. The Morgan fingerprint density at radius 3 is 2.57 bits per heavy atom. The molecule has 1 aliphatic rings. The number of carbonyl (C=O) groups excluding carboxylic acids is 1. The number of rotatable bonds is 8. The van der Waals surface area contributed by atoms with Gasteiger partial charge in [-0.1, -0.05) is 6.07 Å². The molecule has 44 heavy (non-hydrogen) atoms. The Bertz CT molecular complexity index is 1990. The zero-order valence-corrected chi connectivity index (χ0v) is 23.6. The number of nitrogens with zero attached hydrogens (tertiary/aromatic N) is 3. The summed E-state index contributed by atoms with van der Waals surface area (Å²) in [5.74, 6) is -2.18. The van der Waals surface area contributed by atoms with Crippen molar-refractivity contribution in [3.63, 3.8) is 0 Å². The van der Waals surface area contributed by atoms with Gasteiger partial charge in [0.05, 0.1) is 17.1 Å². The monoisotopic (exact) mass is 596 g/mol. The summed E-state index contributed by atoms with van der Waals surface area (Å²) >= 11 is 0. The van der Waals surface area contributed by atoms with E-state index >= 15 is 4.39 Å². The Balaban J connectivity index is 1.42. The van der Waals surface area contributed by atoms with E-state index in [2.05, 4.69) is 15.6 Å². The molecule has 3 N–H and O–H groups in total. The van der Waals surface area contributed by atoms with Gasteiger partial charge in [0.15, 0.2) is 17.3 Å². The predicted octanol–water partition coefficient (Wildman–Crippen LogP) is 4.69. The quantitative estimate of drug-likeness (QED) is 0.253. The van der Waals surface area contributed by atoms with E-state index in [1.807, 2.05) is 25.1 Å². The number of hydrogen-bond donors (Lipinski definition) is 3. The summed E-state index contributed by atoms with van der Waals surface area (Å²) in [4.78, 5) is 43.7. The lowest BCUT2D eigenvalue weighted by molar-refractivity contribution is 0.102. The third-order valence-corrected chi connectivity index (χ3v) is 6.60. The Morgan fingerprint density at radius 1 is 1.11 bits per heavy atom. The standard InChI is InChI=1S/C32H26F2N6O4/c1-3-39-18-24(31(42)40(32(39)43)23-10-7-21(33)8-11-23)30(41)38-22-9-12-28(25(34)16-22)44-29-15-20(17-36-27(29)13-14-35)26-6-4-5-19(2)37-26/h4-18,35-36H,3H2,1-2H3,(H,38,41)/b27-13-,35-14?. The summed E-state index contributed by atoms with van der Waals surface area (Å²) in [5, 5.41) is 13.0. The van der Waals surface area contributed by atoms with Crippen LogP contribution in [0.15, 0.2) is 106 Å². The topological polar surface area (TPSA) is 131 Å². The second-order valence-corrected chi connectivity index (χ2v) is 9.59. The third kappa shape index (κ3) is 6.14. The van der Waals surface area contributed by atoms with Crippen molar-refractivity contribution in [2.24, 2.45) is 0 Å². The summed E-state index contributed by atoms with van der Waals surface area (Å²) < 4.78 is 36.5. The number of aryl methyl sites for hydroxylation is 2. The molecule has 1 aliphatic heterocycles. The van der Waals surface area contributed by atoms with Crippen molar-refractivity contribution in [3.8, 4) is 11.4 Å². The van der Waals surface area contributed by atoms with Crippen molar-refractivity contribution < 1.29 is 18.3 Å². The largest absolute Gasteiger partial charge is 0.452 e. The second kappa shape index (κ2) is 12.5. The van der Waals surface area contributed by atoms with E-state index in [4.69, 9.17) is 10.1 Å². The average molecular weight is 597 g/mol. The smallest absolute Gasteiger partial charge is 0.335 e. The van der Waals surface area contributed by atoms with E-state index in [1.54, 1.807) is 19.2 Å². The van der Waals surface area contributed by atoms with Crippen molar-refractivity contribution in [1.29, 1.82) is 5.41 Å². The number of pyridine rings is 1. The molecule has 1 amide bonds. The molecule has 12 heteroatoms. The maximum absolute atomic E-state index is 15.3. The lowest BCUT2D eigenvalue weighted by atomic mass is 10.1. The maximum Gasteiger partial charge on any atom is 0.335 e. The molecule has 0 spiro atoms. The summed E-state index contributed by atoms with van der Waals surface area (Å²) in [5.41, 5.74) is 0.686. The minimum absolute atomic E-state index is 0.0254. The fourth-order valence-corrected chi connectivity index (χ4v) is 4.42. The van der Waals surface area contributed by atoms with E-state index in [-0.39, 0.29) is 35.0 Å². The number of aromatic nitrogens is 3. The van der Waals surface area contributed by atoms with Crippen LogP contribution in [0.3, 0.4) is 0 Å². The van der Waals surface area contributed by atoms with Gasteiger partial charge >= 0.3 is 5.69 Å². The Labute approximate surface area is 249 Å². The molecule has 0 fully saturated rings. The zero-order valence-electron chi connectivity index (χ0n) is 23.6. The number of benzene rings is 2. The number of hydrogen-bond acceptors (Lipinski definition) is 7. The van der Waals surface area contributed by atoms with Crippen LogP contribution in [-0.2, 0) is 6.54 Å². The first-order valence-corrected chi connectivity index (χ1v) is 13.4. The van der Waals surface area contributed by atoms with Crippen LogP contribution >= 0.6 is 0 Å². The third-order valence-electron chi connectivity index (χ3n) is 6.60. The molecule has 0 radical (unpaired) electrons. The molecule has 2 aromatic heterocycles. The number of allylic oxidation sites excluding steroid dienone is 3.